The lowest BCUT2D eigenvalue weighted by atomic mass is 9.96. The van der Waals surface area contributed by atoms with Crippen LogP contribution < -0.4 is 10.1 Å². The van der Waals surface area contributed by atoms with Gasteiger partial charge in [0.15, 0.2) is 5.79 Å². The predicted molar refractivity (Wildman–Crippen MR) is 151 cm³/mol. The van der Waals surface area contributed by atoms with Gasteiger partial charge in [0.1, 0.15) is 27.5 Å². The van der Waals surface area contributed by atoms with E-state index in [4.69, 9.17) is 39.5 Å². The molecule has 1 aromatic carbocycles. The molecule has 11 nitrogen and oxygen atoms in total. The molecular formula is C29H33ClN4O7. The van der Waals surface area contributed by atoms with Crippen LogP contribution in [-0.4, -0.2) is 52.4 Å². The molecule has 5 rings (SSSR count). The van der Waals surface area contributed by atoms with Crippen molar-refractivity contribution in [2.75, 3.05) is 19.8 Å². The van der Waals surface area contributed by atoms with Gasteiger partial charge in [0, 0.05) is 17.1 Å². The maximum atomic E-state index is 12.8. The summed E-state index contributed by atoms with van der Waals surface area (Å²) >= 11 is 6.32. The Kier molecular flexibility index (Phi) is 7.71. The standard InChI is InChI=1S/C29H33ClN4O7/c1-7-10-36-25-20(30)12-19(14-31-25)24-32-23(34-41-24)17-8-9-21-18(11-17)13-22(39-21)29(15-37-28(5,6)38-16-29)33-26(35)40-27(2,3)4/h8-9,11-14H,7,10,15-16H2,1-6H3,(H,33,35). The molecule has 0 bridgehead atoms. The number of carbonyl (C=O) groups is 1. The summed E-state index contributed by atoms with van der Waals surface area (Å²) in [5, 5.41) is 8.18. The van der Waals surface area contributed by atoms with Gasteiger partial charge < -0.3 is 33.2 Å². The fraction of sp³-hybridized carbons (Fsp3) is 0.448. The van der Waals surface area contributed by atoms with Gasteiger partial charge in [-0.2, -0.15) is 4.98 Å². The van der Waals surface area contributed by atoms with Gasteiger partial charge in [-0.05, 0) is 71.4 Å². The zero-order valence-corrected chi connectivity index (χ0v) is 24.6. The van der Waals surface area contributed by atoms with E-state index in [-0.39, 0.29) is 19.1 Å². The average Bonchev–Trinajstić information content (AvgIpc) is 3.56. The Hall–Kier alpha value is -3.67. The van der Waals surface area contributed by atoms with E-state index in [1.807, 2.05) is 39.0 Å². The van der Waals surface area contributed by atoms with Crippen molar-refractivity contribution in [3.05, 3.63) is 47.3 Å². The number of hydrogen-bond acceptors (Lipinski definition) is 10. The fourth-order valence-corrected chi connectivity index (χ4v) is 4.40. The second kappa shape index (κ2) is 11.0. The highest BCUT2D eigenvalue weighted by molar-refractivity contribution is 6.32. The average molecular weight is 585 g/mol. The summed E-state index contributed by atoms with van der Waals surface area (Å²) in [7, 11) is 0. The molecule has 0 aliphatic carbocycles. The molecule has 218 valence electrons. The molecule has 41 heavy (non-hydrogen) atoms. The second-order valence-corrected chi connectivity index (χ2v) is 11.7. The SMILES string of the molecule is CCCOc1ncc(-c2nc(-c3ccc4oc(C5(NC(=O)OC(C)(C)C)COC(C)(C)OC5)cc4c3)no2)cc1Cl. The normalized spacial score (nSPS) is 16.5. The summed E-state index contributed by atoms with van der Waals surface area (Å²) < 4.78 is 34.6. The molecule has 4 aromatic rings. The number of nitrogens with zero attached hydrogens (tertiary/aromatic N) is 3. The van der Waals surface area contributed by atoms with Crippen LogP contribution in [0, 0.1) is 0 Å². The quantitative estimate of drug-likeness (QED) is 0.257. The van der Waals surface area contributed by atoms with Crippen LogP contribution in [0.3, 0.4) is 0 Å². The first-order valence-electron chi connectivity index (χ1n) is 13.3. The molecule has 1 N–H and O–H groups in total. The van der Waals surface area contributed by atoms with E-state index in [1.165, 1.54) is 0 Å². The molecule has 4 heterocycles. The number of fused-ring (bicyclic) bond motifs is 1. The van der Waals surface area contributed by atoms with Crippen molar-refractivity contribution in [2.45, 2.75) is 64.9 Å². The molecule has 12 heteroatoms. The van der Waals surface area contributed by atoms with E-state index in [1.54, 1.807) is 39.1 Å². The van der Waals surface area contributed by atoms with Crippen LogP contribution in [0.5, 0.6) is 5.88 Å². The molecule has 0 radical (unpaired) electrons. The highest BCUT2D eigenvalue weighted by Crippen LogP contribution is 2.36. The topological polar surface area (TPSA) is 131 Å². The van der Waals surface area contributed by atoms with Gasteiger partial charge in [0.25, 0.3) is 5.89 Å². The number of carbonyl (C=O) groups excluding carboxylic acids is 1. The van der Waals surface area contributed by atoms with E-state index in [9.17, 15) is 4.79 Å². The van der Waals surface area contributed by atoms with Crippen molar-refractivity contribution in [1.29, 1.82) is 0 Å². The molecular weight excluding hydrogens is 552 g/mol. The largest absolute Gasteiger partial charge is 0.477 e. The predicted octanol–water partition coefficient (Wildman–Crippen LogP) is 6.49. The first kappa shape index (κ1) is 28.8. The maximum Gasteiger partial charge on any atom is 0.408 e. The highest BCUT2D eigenvalue weighted by atomic mass is 35.5. The lowest BCUT2D eigenvalue weighted by Crippen LogP contribution is -2.59. The number of nitrogens with one attached hydrogen (secondary N) is 1. The Labute approximate surface area is 242 Å². The Morgan fingerprint density at radius 1 is 1.12 bits per heavy atom. The molecule has 1 saturated heterocycles. The van der Waals surface area contributed by atoms with Crippen LogP contribution in [0.25, 0.3) is 33.8 Å². The Morgan fingerprint density at radius 3 is 2.56 bits per heavy atom. The van der Waals surface area contributed by atoms with E-state index in [2.05, 4.69) is 20.4 Å². The van der Waals surface area contributed by atoms with Gasteiger partial charge in [-0.3, -0.25) is 0 Å². The Balaban J connectivity index is 1.42. The minimum Gasteiger partial charge on any atom is -0.477 e. The lowest BCUT2D eigenvalue weighted by molar-refractivity contribution is -0.274. The number of pyridine rings is 1. The second-order valence-electron chi connectivity index (χ2n) is 11.3. The van der Waals surface area contributed by atoms with Crippen LogP contribution in [0.2, 0.25) is 5.02 Å². The Morgan fingerprint density at radius 2 is 1.88 bits per heavy atom. The zero-order valence-electron chi connectivity index (χ0n) is 23.9. The van der Waals surface area contributed by atoms with Crippen molar-refractivity contribution < 1.29 is 32.7 Å². The van der Waals surface area contributed by atoms with Crippen molar-refractivity contribution >= 4 is 28.7 Å². The van der Waals surface area contributed by atoms with E-state index < -0.39 is 23.0 Å². The number of amides is 1. The Bertz CT molecular complexity index is 1550. The van der Waals surface area contributed by atoms with E-state index >= 15 is 0 Å². The van der Waals surface area contributed by atoms with Crippen molar-refractivity contribution in [3.8, 4) is 28.7 Å². The third-order valence-corrected chi connectivity index (χ3v) is 6.51. The number of halogens is 1. The minimum atomic E-state index is -1.10. The van der Waals surface area contributed by atoms with Crippen molar-refractivity contribution in [2.24, 2.45) is 0 Å². The first-order valence-corrected chi connectivity index (χ1v) is 13.7. The van der Waals surface area contributed by atoms with Gasteiger partial charge in [-0.1, -0.05) is 23.7 Å². The number of hydrogen-bond donors (Lipinski definition) is 1. The lowest BCUT2D eigenvalue weighted by Gasteiger charge is -2.42. The van der Waals surface area contributed by atoms with E-state index in [0.29, 0.717) is 45.8 Å². The minimum absolute atomic E-state index is 0.124. The number of furan rings is 1. The molecule has 0 spiro atoms. The molecule has 1 aliphatic heterocycles. The number of aromatic nitrogens is 3. The number of alkyl carbamates (subject to hydrolysis) is 1. The smallest absolute Gasteiger partial charge is 0.408 e. The summed E-state index contributed by atoms with van der Waals surface area (Å²) in [6.07, 6.45) is 1.81. The maximum absolute atomic E-state index is 12.8. The number of benzene rings is 1. The van der Waals surface area contributed by atoms with Crippen LogP contribution >= 0.6 is 11.6 Å². The molecule has 1 fully saturated rings. The van der Waals surface area contributed by atoms with Crippen LogP contribution in [-0.2, 0) is 19.7 Å². The fourth-order valence-electron chi connectivity index (χ4n) is 4.18. The highest BCUT2D eigenvalue weighted by Gasteiger charge is 2.46. The van der Waals surface area contributed by atoms with Gasteiger partial charge >= 0.3 is 6.09 Å². The van der Waals surface area contributed by atoms with Crippen molar-refractivity contribution in [3.63, 3.8) is 0 Å². The van der Waals surface area contributed by atoms with Crippen molar-refractivity contribution in [1.82, 2.24) is 20.4 Å². The third kappa shape index (κ3) is 6.47. The molecule has 3 aromatic heterocycles. The molecule has 1 aliphatic rings. The van der Waals surface area contributed by atoms with Crippen LogP contribution in [0.1, 0.15) is 53.7 Å². The molecule has 0 unspecified atom stereocenters. The van der Waals surface area contributed by atoms with Gasteiger partial charge in [0.2, 0.25) is 11.7 Å². The zero-order chi connectivity index (χ0) is 29.4. The number of ether oxygens (including phenoxy) is 4. The summed E-state index contributed by atoms with van der Waals surface area (Å²) in [5.41, 5.74) is 0.0869. The summed E-state index contributed by atoms with van der Waals surface area (Å²) in [6, 6.07) is 9.01. The van der Waals surface area contributed by atoms with Crippen LogP contribution in [0.15, 0.2) is 45.5 Å². The number of rotatable bonds is 7. The van der Waals surface area contributed by atoms with E-state index in [0.717, 1.165) is 11.8 Å². The molecule has 1 amide bonds. The third-order valence-electron chi connectivity index (χ3n) is 6.24. The summed E-state index contributed by atoms with van der Waals surface area (Å²) in [5.74, 6) is 0.654. The van der Waals surface area contributed by atoms with Gasteiger partial charge in [-0.15, -0.1) is 0 Å². The van der Waals surface area contributed by atoms with Gasteiger partial charge in [-0.25, -0.2) is 9.78 Å². The summed E-state index contributed by atoms with van der Waals surface area (Å²) in [6.45, 7) is 11.8. The van der Waals surface area contributed by atoms with Gasteiger partial charge in [0.05, 0.1) is 25.4 Å². The molecule has 0 atom stereocenters. The summed E-state index contributed by atoms with van der Waals surface area (Å²) in [4.78, 5) is 21.6. The first-order chi connectivity index (χ1) is 19.4. The monoisotopic (exact) mass is 584 g/mol. The van der Waals surface area contributed by atoms with Crippen LogP contribution in [0.4, 0.5) is 4.79 Å². The molecule has 0 saturated carbocycles.